The molecule has 15 heavy (non-hydrogen) atoms. The van der Waals surface area contributed by atoms with Crippen LogP contribution in [0.4, 0.5) is 13.2 Å². The van der Waals surface area contributed by atoms with Gasteiger partial charge in [-0.15, -0.1) is 0 Å². The molecule has 0 saturated carbocycles. The second kappa shape index (κ2) is 4.22. The van der Waals surface area contributed by atoms with Crippen LogP contribution in [0.5, 0.6) is 0 Å². The van der Waals surface area contributed by atoms with Gasteiger partial charge in [0.25, 0.3) is 0 Å². The summed E-state index contributed by atoms with van der Waals surface area (Å²) in [7, 11) is 0. The number of nitrogens with two attached hydrogens (primary N) is 1. The minimum absolute atomic E-state index is 0.421. The monoisotopic (exact) mass is 221 g/mol. The molecule has 1 unspecified atom stereocenters. The summed E-state index contributed by atoms with van der Waals surface area (Å²) < 4.78 is 38.4. The van der Waals surface area contributed by atoms with Gasteiger partial charge in [-0.05, 0) is 19.4 Å². The minimum Gasteiger partial charge on any atom is -0.323 e. The lowest BCUT2D eigenvalue weighted by Crippen LogP contribution is -2.13. The van der Waals surface area contributed by atoms with E-state index in [1.165, 1.54) is 4.68 Å². The van der Waals surface area contributed by atoms with Crippen molar-refractivity contribution in [2.24, 2.45) is 5.73 Å². The van der Waals surface area contributed by atoms with Crippen molar-refractivity contribution in [1.29, 1.82) is 0 Å². The molecule has 1 rings (SSSR count). The van der Waals surface area contributed by atoms with Crippen LogP contribution in [0.15, 0.2) is 6.07 Å². The van der Waals surface area contributed by atoms with Crippen molar-refractivity contribution in [3.05, 3.63) is 17.5 Å². The Labute approximate surface area is 86.1 Å². The molecule has 0 spiro atoms. The molecule has 0 saturated heterocycles. The van der Waals surface area contributed by atoms with Crippen LogP contribution in [0, 0.1) is 0 Å². The van der Waals surface area contributed by atoms with Crippen LogP contribution in [0.3, 0.4) is 0 Å². The van der Waals surface area contributed by atoms with Gasteiger partial charge in [0.05, 0.1) is 5.69 Å². The fourth-order valence-corrected chi connectivity index (χ4v) is 1.33. The summed E-state index contributed by atoms with van der Waals surface area (Å²) in [6, 6.07) is 0.570. The molecule has 0 amide bonds. The molecule has 0 bridgehead atoms. The van der Waals surface area contributed by atoms with Crippen molar-refractivity contribution in [2.75, 3.05) is 0 Å². The second-order valence-corrected chi connectivity index (χ2v) is 3.46. The number of alkyl halides is 3. The van der Waals surface area contributed by atoms with Crippen molar-refractivity contribution >= 4 is 0 Å². The number of hydrogen-bond donors (Lipinski definition) is 1. The molecule has 86 valence electrons. The van der Waals surface area contributed by atoms with E-state index in [-0.39, 0.29) is 0 Å². The first kappa shape index (κ1) is 12.0. The molecule has 0 aliphatic carbocycles. The Morgan fingerprint density at radius 1 is 1.53 bits per heavy atom. The molecule has 6 heteroatoms. The summed E-state index contributed by atoms with van der Waals surface area (Å²) in [6.07, 6.45) is -3.68. The molecule has 2 N–H and O–H groups in total. The maximum Gasteiger partial charge on any atom is 0.435 e. The molecule has 1 atom stereocenters. The van der Waals surface area contributed by atoms with Crippen molar-refractivity contribution in [3.8, 4) is 0 Å². The smallest absolute Gasteiger partial charge is 0.323 e. The van der Waals surface area contributed by atoms with E-state index >= 15 is 0 Å². The number of aromatic nitrogens is 2. The molecule has 0 aliphatic rings. The number of hydrogen-bond acceptors (Lipinski definition) is 2. The number of aryl methyl sites for hydroxylation is 1. The highest BCUT2D eigenvalue weighted by Crippen LogP contribution is 2.29. The summed E-state index contributed by atoms with van der Waals surface area (Å²) in [5.74, 6) is 0. The third-order valence-corrected chi connectivity index (χ3v) is 2.00. The zero-order valence-corrected chi connectivity index (χ0v) is 8.67. The van der Waals surface area contributed by atoms with Gasteiger partial charge in [-0.1, -0.05) is 6.92 Å². The molecule has 0 fully saturated rings. The van der Waals surface area contributed by atoms with Crippen LogP contribution in [0.2, 0.25) is 0 Å². The highest BCUT2D eigenvalue weighted by Gasteiger charge is 2.35. The normalized spacial score (nSPS) is 14.3. The summed E-state index contributed by atoms with van der Waals surface area (Å²) in [6.45, 7) is 3.97. The zero-order valence-electron chi connectivity index (χ0n) is 8.67. The Hall–Kier alpha value is -1.04. The Morgan fingerprint density at radius 2 is 2.13 bits per heavy atom. The Bertz CT molecular complexity index is 328. The fraction of sp³-hybridized carbons (Fsp3) is 0.667. The third kappa shape index (κ3) is 2.71. The lowest BCUT2D eigenvalue weighted by molar-refractivity contribution is -0.141. The Balaban J connectivity index is 3.09. The molecule has 0 aromatic carbocycles. The molecule has 1 aromatic rings. The lowest BCUT2D eigenvalue weighted by Gasteiger charge is -2.07. The summed E-state index contributed by atoms with van der Waals surface area (Å²) in [4.78, 5) is 0. The first-order valence-electron chi connectivity index (χ1n) is 4.76. The van der Waals surface area contributed by atoms with Crippen LogP contribution in [0.25, 0.3) is 0 Å². The van der Waals surface area contributed by atoms with Gasteiger partial charge in [0.2, 0.25) is 0 Å². The van der Waals surface area contributed by atoms with Gasteiger partial charge in [0.1, 0.15) is 0 Å². The van der Waals surface area contributed by atoms with Crippen molar-refractivity contribution < 1.29 is 13.2 Å². The van der Waals surface area contributed by atoms with Crippen molar-refractivity contribution in [2.45, 2.75) is 39.0 Å². The van der Waals surface area contributed by atoms with Crippen LogP contribution < -0.4 is 5.73 Å². The lowest BCUT2D eigenvalue weighted by atomic mass is 10.2. The van der Waals surface area contributed by atoms with Crippen molar-refractivity contribution in [1.82, 2.24) is 9.78 Å². The SMILES string of the molecule is CCCn1nc(C(F)(F)F)cc1C(C)N. The van der Waals surface area contributed by atoms with Gasteiger partial charge < -0.3 is 5.73 Å². The molecule has 0 aliphatic heterocycles. The fourth-order valence-electron chi connectivity index (χ4n) is 1.33. The maximum atomic E-state index is 12.4. The Kier molecular flexibility index (Phi) is 3.38. The maximum absolute atomic E-state index is 12.4. The molecule has 0 radical (unpaired) electrons. The third-order valence-electron chi connectivity index (χ3n) is 2.00. The molecule has 1 heterocycles. The zero-order chi connectivity index (χ0) is 11.6. The second-order valence-electron chi connectivity index (χ2n) is 3.46. The summed E-state index contributed by atoms with van der Waals surface area (Å²) >= 11 is 0. The van der Waals surface area contributed by atoms with E-state index in [1.54, 1.807) is 6.92 Å². The van der Waals surface area contributed by atoms with Crippen LogP contribution in [-0.4, -0.2) is 9.78 Å². The number of rotatable bonds is 3. The highest BCUT2D eigenvalue weighted by atomic mass is 19.4. The highest BCUT2D eigenvalue weighted by molar-refractivity contribution is 5.15. The predicted octanol–water partition coefficient (Wildman–Crippen LogP) is 2.33. The van der Waals surface area contributed by atoms with E-state index in [0.29, 0.717) is 12.2 Å². The topological polar surface area (TPSA) is 43.8 Å². The van der Waals surface area contributed by atoms with Gasteiger partial charge in [-0.25, -0.2) is 0 Å². The quantitative estimate of drug-likeness (QED) is 0.851. The largest absolute Gasteiger partial charge is 0.435 e. The first-order chi connectivity index (χ1) is 6.86. The summed E-state index contributed by atoms with van der Waals surface area (Å²) in [5, 5.41) is 3.50. The van der Waals surface area contributed by atoms with Crippen LogP contribution in [0.1, 0.15) is 37.7 Å². The first-order valence-corrected chi connectivity index (χ1v) is 4.76. The number of nitrogens with zero attached hydrogens (tertiary/aromatic N) is 2. The molecule has 1 aromatic heterocycles. The van der Waals surface area contributed by atoms with Crippen LogP contribution >= 0.6 is 0 Å². The van der Waals surface area contributed by atoms with Gasteiger partial charge in [0, 0.05) is 12.6 Å². The van der Waals surface area contributed by atoms with E-state index in [0.717, 1.165) is 12.5 Å². The number of halogens is 3. The molecule has 3 nitrogen and oxygen atoms in total. The van der Waals surface area contributed by atoms with E-state index in [1.807, 2.05) is 6.92 Å². The van der Waals surface area contributed by atoms with Crippen molar-refractivity contribution in [3.63, 3.8) is 0 Å². The van der Waals surface area contributed by atoms with Crippen LogP contribution in [-0.2, 0) is 12.7 Å². The molecular formula is C9H14F3N3. The minimum atomic E-state index is -4.40. The van der Waals surface area contributed by atoms with E-state index in [9.17, 15) is 13.2 Å². The van der Waals surface area contributed by atoms with E-state index in [4.69, 9.17) is 5.73 Å². The standard InChI is InChI=1S/C9H14F3N3/c1-3-4-15-7(6(2)13)5-8(14-15)9(10,11)12/h5-6H,3-4,13H2,1-2H3. The van der Waals surface area contributed by atoms with E-state index < -0.39 is 17.9 Å². The predicted molar refractivity (Wildman–Crippen MR) is 50.1 cm³/mol. The average molecular weight is 221 g/mol. The Morgan fingerprint density at radius 3 is 2.53 bits per heavy atom. The molecular weight excluding hydrogens is 207 g/mol. The van der Waals surface area contributed by atoms with Gasteiger partial charge >= 0.3 is 6.18 Å². The van der Waals surface area contributed by atoms with E-state index in [2.05, 4.69) is 5.10 Å². The van der Waals surface area contributed by atoms with Gasteiger partial charge in [-0.3, -0.25) is 4.68 Å². The van der Waals surface area contributed by atoms with Gasteiger partial charge in [0.15, 0.2) is 5.69 Å². The van der Waals surface area contributed by atoms with Gasteiger partial charge in [-0.2, -0.15) is 18.3 Å². The average Bonchev–Trinajstić information content (AvgIpc) is 2.48. The summed E-state index contributed by atoms with van der Waals surface area (Å²) in [5.41, 5.74) is 5.12.